The van der Waals surface area contributed by atoms with Gasteiger partial charge < -0.3 is 4.74 Å². The molecule has 0 fully saturated rings. The quantitative estimate of drug-likeness (QED) is 0.436. The molecule has 0 bridgehead atoms. The first-order chi connectivity index (χ1) is 14.8. The molecule has 11 heteroatoms. The largest absolute Gasteiger partial charge is 0.487 e. The number of nitrogens with one attached hydrogen (secondary N) is 1. The normalized spacial score (nSPS) is 11.5. The zero-order valence-corrected chi connectivity index (χ0v) is 18.7. The van der Waals surface area contributed by atoms with E-state index in [1.54, 1.807) is 24.3 Å². The number of ether oxygens (including phenoxy) is 1. The van der Waals surface area contributed by atoms with Gasteiger partial charge in [-0.05, 0) is 55.0 Å². The van der Waals surface area contributed by atoms with Crippen molar-refractivity contribution in [2.75, 3.05) is 4.72 Å². The number of sulfonamides is 1. The first kappa shape index (κ1) is 21.3. The summed E-state index contributed by atoms with van der Waals surface area (Å²) in [4.78, 5) is 17.2. The van der Waals surface area contributed by atoms with Crippen LogP contribution in [0.1, 0.15) is 17.6 Å². The number of nitrogens with zero attached hydrogens (tertiary/aromatic N) is 3. The lowest BCUT2D eigenvalue weighted by atomic mass is 10.3. The third-order valence-corrected chi connectivity index (χ3v) is 6.96. The van der Waals surface area contributed by atoms with Gasteiger partial charge in [-0.25, -0.2) is 13.4 Å². The van der Waals surface area contributed by atoms with Crippen LogP contribution in [-0.4, -0.2) is 23.0 Å². The molecule has 0 saturated heterocycles. The molecule has 0 spiro atoms. The Kier molecular flexibility index (Phi) is 5.94. The minimum atomic E-state index is -3.73. The number of aromatic nitrogens is 3. The number of hydrogen-bond donors (Lipinski definition) is 1. The summed E-state index contributed by atoms with van der Waals surface area (Å²) >= 11 is 7.17. The molecule has 4 aromatic rings. The lowest BCUT2D eigenvalue weighted by molar-refractivity contribution is 0.301. The Morgan fingerprint density at radius 2 is 1.84 bits per heavy atom. The maximum Gasteiger partial charge on any atom is 0.275 e. The molecule has 8 nitrogen and oxygen atoms in total. The monoisotopic (exact) mass is 476 g/mol. The second-order valence-corrected chi connectivity index (χ2v) is 9.66. The molecule has 0 aliphatic heterocycles. The van der Waals surface area contributed by atoms with Gasteiger partial charge in [0.15, 0.2) is 0 Å². The molecular formula is C20H17ClN4O4S2. The molecule has 0 atom stereocenters. The first-order valence-corrected chi connectivity index (χ1v) is 11.9. The third kappa shape index (κ3) is 4.87. The van der Waals surface area contributed by atoms with Crippen LogP contribution in [0.5, 0.6) is 5.75 Å². The predicted molar refractivity (Wildman–Crippen MR) is 120 cm³/mol. The maximum absolute atomic E-state index is 12.4. The molecule has 0 aliphatic rings. The van der Waals surface area contributed by atoms with Crippen LogP contribution in [0.2, 0.25) is 5.02 Å². The standard InChI is InChI=1S/C20H17ClN4O4S2/c1-2-18-23-25-19(26)11-15(22-20(25)30-18)12-29-16-7-5-14(6-8-16)24-31(27,28)17-9-3-13(21)4-10-17/h3-11,24H,2,12H2,1H3. The molecule has 4 rings (SSSR count). The highest BCUT2D eigenvalue weighted by Gasteiger charge is 2.14. The van der Waals surface area contributed by atoms with Crippen LogP contribution in [0.3, 0.4) is 0 Å². The molecule has 2 heterocycles. The Labute approximate surface area is 187 Å². The Hall–Kier alpha value is -2.95. The summed E-state index contributed by atoms with van der Waals surface area (Å²) in [5.41, 5.74) is 0.618. The van der Waals surface area contributed by atoms with Crippen LogP contribution in [0.4, 0.5) is 5.69 Å². The van der Waals surface area contributed by atoms with Gasteiger partial charge in [-0.15, -0.1) is 0 Å². The summed E-state index contributed by atoms with van der Waals surface area (Å²) in [5, 5.41) is 5.50. The van der Waals surface area contributed by atoms with E-state index in [0.29, 0.717) is 27.1 Å². The van der Waals surface area contributed by atoms with Gasteiger partial charge in [0.1, 0.15) is 17.4 Å². The molecule has 2 aromatic carbocycles. The molecule has 160 valence electrons. The highest BCUT2D eigenvalue weighted by atomic mass is 35.5. The topological polar surface area (TPSA) is 103 Å². The number of rotatable bonds is 7. The molecule has 1 N–H and O–H groups in total. The minimum absolute atomic E-state index is 0.0982. The van der Waals surface area contributed by atoms with Crippen LogP contribution in [0.15, 0.2) is 64.3 Å². The van der Waals surface area contributed by atoms with Gasteiger partial charge in [-0.1, -0.05) is 29.9 Å². The minimum Gasteiger partial charge on any atom is -0.487 e. The van der Waals surface area contributed by atoms with Crippen molar-refractivity contribution < 1.29 is 13.2 Å². The summed E-state index contributed by atoms with van der Waals surface area (Å²) in [5.74, 6) is 0.509. The summed E-state index contributed by atoms with van der Waals surface area (Å²) < 4.78 is 34.4. The second kappa shape index (κ2) is 8.66. The van der Waals surface area contributed by atoms with Crippen LogP contribution < -0.4 is 15.0 Å². The van der Waals surface area contributed by atoms with Crippen LogP contribution in [-0.2, 0) is 23.1 Å². The van der Waals surface area contributed by atoms with Gasteiger partial charge in [0.05, 0.1) is 10.6 Å². The van der Waals surface area contributed by atoms with E-state index in [4.69, 9.17) is 16.3 Å². The fraction of sp³-hybridized carbons (Fsp3) is 0.150. The van der Waals surface area contributed by atoms with E-state index in [-0.39, 0.29) is 17.1 Å². The predicted octanol–water partition coefficient (Wildman–Crippen LogP) is 3.75. The van der Waals surface area contributed by atoms with Crippen molar-refractivity contribution in [1.82, 2.24) is 14.6 Å². The van der Waals surface area contributed by atoms with E-state index in [9.17, 15) is 13.2 Å². The molecule has 0 saturated carbocycles. The number of benzene rings is 2. The maximum atomic E-state index is 12.4. The smallest absolute Gasteiger partial charge is 0.275 e. The number of fused-ring (bicyclic) bond motifs is 1. The summed E-state index contributed by atoms with van der Waals surface area (Å²) in [6.07, 6.45) is 0.730. The van der Waals surface area contributed by atoms with E-state index in [2.05, 4.69) is 14.8 Å². The van der Waals surface area contributed by atoms with Crippen molar-refractivity contribution in [1.29, 1.82) is 0 Å². The number of halogens is 1. The summed E-state index contributed by atoms with van der Waals surface area (Å²) in [7, 11) is -3.73. The van der Waals surface area contributed by atoms with Gasteiger partial charge in [0.25, 0.3) is 15.6 Å². The number of hydrogen-bond acceptors (Lipinski definition) is 7. The van der Waals surface area contributed by atoms with E-state index in [0.717, 1.165) is 11.4 Å². The Bertz CT molecular complexity index is 1380. The average Bonchev–Trinajstić information content (AvgIpc) is 3.17. The Morgan fingerprint density at radius 1 is 1.13 bits per heavy atom. The van der Waals surface area contributed by atoms with Gasteiger partial charge in [0, 0.05) is 16.8 Å². The lowest BCUT2D eigenvalue weighted by Gasteiger charge is -2.10. The van der Waals surface area contributed by atoms with Crippen molar-refractivity contribution in [2.24, 2.45) is 0 Å². The molecule has 0 radical (unpaired) electrons. The molecule has 0 aliphatic carbocycles. The van der Waals surface area contributed by atoms with Crippen LogP contribution in [0.25, 0.3) is 4.96 Å². The van der Waals surface area contributed by atoms with Gasteiger partial charge in [-0.3, -0.25) is 9.52 Å². The van der Waals surface area contributed by atoms with Crippen molar-refractivity contribution in [2.45, 2.75) is 24.8 Å². The van der Waals surface area contributed by atoms with Crippen LogP contribution in [0, 0.1) is 0 Å². The van der Waals surface area contributed by atoms with E-state index >= 15 is 0 Å². The third-order valence-electron chi connectivity index (χ3n) is 4.26. The van der Waals surface area contributed by atoms with Crippen molar-refractivity contribution in [3.8, 4) is 5.75 Å². The fourth-order valence-electron chi connectivity index (χ4n) is 2.72. The van der Waals surface area contributed by atoms with Crippen molar-refractivity contribution in [3.05, 3.63) is 80.7 Å². The lowest BCUT2D eigenvalue weighted by Crippen LogP contribution is -2.16. The van der Waals surface area contributed by atoms with E-state index in [1.807, 2.05) is 6.92 Å². The number of aryl methyl sites for hydroxylation is 1. The first-order valence-electron chi connectivity index (χ1n) is 9.24. The molecule has 2 aromatic heterocycles. The molecular weight excluding hydrogens is 460 g/mol. The van der Waals surface area contributed by atoms with E-state index in [1.165, 1.54) is 46.2 Å². The molecule has 0 amide bonds. The Balaban J connectivity index is 1.43. The fourth-order valence-corrected chi connectivity index (χ4v) is 4.76. The van der Waals surface area contributed by atoms with Gasteiger partial charge in [-0.2, -0.15) is 9.61 Å². The van der Waals surface area contributed by atoms with Gasteiger partial charge in [0.2, 0.25) is 4.96 Å². The molecule has 0 unspecified atom stereocenters. The Morgan fingerprint density at radius 3 is 2.52 bits per heavy atom. The SMILES string of the molecule is CCc1nn2c(=O)cc(COc3ccc(NS(=O)(=O)c4ccc(Cl)cc4)cc3)nc2s1. The van der Waals surface area contributed by atoms with Gasteiger partial charge >= 0.3 is 0 Å². The number of anilines is 1. The highest BCUT2D eigenvalue weighted by molar-refractivity contribution is 7.92. The molecule has 31 heavy (non-hydrogen) atoms. The summed E-state index contributed by atoms with van der Waals surface area (Å²) in [6, 6.07) is 13.7. The van der Waals surface area contributed by atoms with Crippen molar-refractivity contribution >= 4 is 43.6 Å². The highest BCUT2D eigenvalue weighted by Crippen LogP contribution is 2.21. The zero-order valence-electron chi connectivity index (χ0n) is 16.3. The van der Waals surface area contributed by atoms with E-state index < -0.39 is 10.0 Å². The average molecular weight is 477 g/mol. The second-order valence-electron chi connectivity index (χ2n) is 6.50. The zero-order chi connectivity index (χ0) is 22.0. The summed E-state index contributed by atoms with van der Waals surface area (Å²) in [6.45, 7) is 2.06. The van der Waals surface area contributed by atoms with Crippen LogP contribution >= 0.6 is 22.9 Å². The van der Waals surface area contributed by atoms with Crippen molar-refractivity contribution in [3.63, 3.8) is 0 Å².